The number of aromatic nitrogens is 2. The highest BCUT2D eigenvalue weighted by atomic mass is 16.5. The van der Waals surface area contributed by atoms with Crippen molar-refractivity contribution in [2.45, 2.75) is 57.1 Å². The quantitative estimate of drug-likeness (QED) is 0.894. The standard InChI is InChI=1S/C15H23N3O2/c1-2-19-13(8-3-4-8)14-17-15(20-18-14)11-9-5-6-10(7-9)12(11)16/h8-13H,2-7,16H2,1H3. The fourth-order valence-electron chi connectivity index (χ4n) is 4.20. The topological polar surface area (TPSA) is 74.2 Å². The summed E-state index contributed by atoms with van der Waals surface area (Å²) in [6.45, 7) is 2.71. The highest BCUT2D eigenvalue weighted by molar-refractivity contribution is 5.12. The number of fused-ring (bicyclic) bond motifs is 2. The average Bonchev–Trinajstić information content (AvgIpc) is 2.87. The zero-order valence-corrected chi connectivity index (χ0v) is 12.0. The zero-order valence-electron chi connectivity index (χ0n) is 12.0. The van der Waals surface area contributed by atoms with Crippen molar-refractivity contribution in [2.24, 2.45) is 23.5 Å². The molecule has 3 aliphatic carbocycles. The van der Waals surface area contributed by atoms with E-state index in [1.165, 1.54) is 32.1 Å². The third-order valence-electron chi connectivity index (χ3n) is 5.37. The second-order valence-electron chi connectivity index (χ2n) is 6.64. The molecular weight excluding hydrogens is 254 g/mol. The molecule has 110 valence electrons. The minimum atomic E-state index is 0.0207. The minimum absolute atomic E-state index is 0.0207. The lowest BCUT2D eigenvalue weighted by Gasteiger charge is -2.24. The number of nitrogens with zero attached hydrogens (tertiary/aromatic N) is 2. The van der Waals surface area contributed by atoms with Crippen molar-refractivity contribution in [3.63, 3.8) is 0 Å². The van der Waals surface area contributed by atoms with Crippen LogP contribution in [0, 0.1) is 17.8 Å². The molecule has 1 aromatic heterocycles. The summed E-state index contributed by atoms with van der Waals surface area (Å²) in [5.74, 6) is 3.65. The molecule has 5 atom stereocenters. The van der Waals surface area contributed by atoms with Gasteiger partial charge in [-0.25, -0.2) is 0 Å². The predicted molar refractivity (Wildman–Crippen MR) is 72.9 cm³/mol. The average molecular weight is 277 g/mol. The third kappa shape index (κ3) is 1.99. The number of hydrogen-bond acceptors (Lipinski definition) is 5. The molecule has 5 heteroatoms. The Hall–Kier alpha value is -0.940. The van der Waals surface area contributed by atoms with Crippen molar-refractivity contribution in [1.29, 1.82) is 0 Å². The van der Waals surface area contributed by atoms with Crippen LogP contribution in [0.3, 0.4) is 0 Å². The Morgan fingerprint density at radius 3 is 2.75 bits per heavy atom. The van der Waals surface area contributed by atoms with Crippen LogP contribution in [-0.2, 0) is 4.74 Å². The van der Waals surface area contributed by atoms with E-state index in [0.29, 0.717) is 24.4 Å². The van der Waals surface area contributed by atoms with Gasteiger partial charge in [0.25, 0.3) is 0 Å². The Morgan fingerprint density at radius 1 is 1.30 bits per heavy atom. The molecule has 3 fully saturated rings. The van der Waals surface area contributed by atoms with Gasteiger partial charge in [0.15, 0.2) is 0 Å². The molecule has 3 aliphatic rings. The third-order valence-corrected chi connectivity index (χ3v) is 5.37. The molecule has 5 nitrogen and oxygen atoms in total. The predicted octanol–water partition coefficient (Wildman–Crippen LogP) is 2.40. The SMILES string of the molecule is CCOC(c1noc(C2C3CCC(C3)C2N)n1)C1CC1. The molecule has 3 saturated carbocycles. The molecule has 0 spiro atoms. The number of hydrogen-bond donors (Lipinski definition) is 1. The van der Waals surface area contributed by atoms with Gasteiger partial charge in [0, 0.05) is 12.6 Å². The van der Waals surface area contributed by atoms with E-state index in [9.17, 15) is 0 Å². The van der Waals surface area contributed by atoms with E-state index >= 15 is 0 Å². The van der Waals surface area contributed by atoms with Gasteiger partial charge < -0.3 is 15.0 Å². The summed E-state index contributed by atoms with van der Waals surface area (Å²) in [5.41, 5.74) is 6.35. The van der Waals surface area contributed by atoms with Gasteiger partial charge in [-0.3, -0.25) is 0 Å². The minimum Gasteiger partial charge on any atom is -0.370 e. The molecule has 0 aromatic carbocycles. The summed E-state index contributed by atoms with van der Waals surface area (Å²) in [6, 6.07) is 0.202. The lowest BCUT2D eigenvalue weighted by molar-refractivity contribution is 0.0384. The number of rotatable bonds is 5. The fraction of sp³-hybridized carbons (Fsp3) is 0.867. The molecule has 0 amide bonds. The highest BCUT2D eigenvalue weighted by Crippen LogP contribution is 2.52. The first-order valence-corrected chi connectivity index (χ1v) is 7.98. The molecule has 1 heterocycles. The molecule has 0 aliphatic heterocycles. The van der Waals surface area contributed by atoms with E-state index in [2.05, 4.69) is 10.1 Å². The van der Waals surface area contributed by atoms with E-state index < -0.39 is 0 Å². The van der Waals surface area contributed by atoms with Gasteiger partial charge in [-0.2, -0.15) is 4.98 Å². The molecule has 20 heavy (non-hydrogen) atoms. The molecule has 5 unspecified atom stereocenters. The molecule has 1 aromatic rings. The van der Waals surface area contributed by atoms with Crippen LogP contribution in [0.15, 0.2) is 4.52 Å². The number of ether oxygens (including phenoxy) is 1. The number of nitrogens with two attached hydrogens (primary N) is 1. The summed E-state index contributed by atoms with van der Waals surface area (Å²) in [6.07, 6.45) is 6.21. The Morgan fingerprint density at radius 2 is 2.10 bits per heavy atom. The molecule has 2 N–H and O–H groups in total. The van der Waals surface area contributed by atoms with Crippen LogP contribution >= 0.6 is 0 Å². The monoisotopic (exact) mass is 277 g/mol. The van der Waals surface area contributed by atoms with Crippen LogP contribution in [0.2, 0.25) is 0 Å². The van der Waals surface area contributed by atoms with Crippen molar-refractivity contribution >= 4 is 0 Å². The lowest BCUT2D eigenvalue weighted by Crippen LogP contribution is -2.34. The summed E-state index contributed by atoms with van der Waals surface area (Å²) < 4.78 is 11.4. The summed E-state index contributed by atoms with van der Waals surface area (Å²) in [7, 11) is 0. The van der Waals surface area contributed by atoms with E-state index in [0.717, 1.165) is 11.7 Å². The van der Waals surface area contributed by atoms with Crippen molar-refractivity contribution in [3.05, 3.63) is 11.7 Å². The zero-order chi connectivity index (χ0) is 13.7. The van der Waals surface area contributed by atoms with Crippen LogP contribution in [0.25, 0.3) is 0 Å². The van der Waals surface area contributed by atoms with Crippen molar-refractivity contribution < 1.29 is 9.26 Å². The van der Waals surface area contributed by atoms with Gasteiger partial charge >= 0.3 is 0 Å². The van der Waals surface area contributed by atoms with E-state index in [4.69, 9.17) is 15.0 Å². The second-order valence-corrected chi connectivity index (χ2v) is 6.64. The van der Waals surface area contributed by atoms with E-state index in [1.807, 2.05) is 6.92 Å². The van der Waals surface area contributed by atoms with Gasteiger partial charge in [0.05, 0.1) is 5.92 Å². The van der Waals surface area contributed by atoms with Crippen LogP contribution in [0.1, 0.15) is 62.8 Å². The lowest BCUT2D eigenvalue weighted by atomic mass is 9.85. The van der Waals surface area contributed by atoms with Gasteiger partial charge in [-0.1, -0.05) is 5.16 Å². The smallest absolute Gasteiger partial charge is 0.231 e. The molecule has 2 bridgehead atoms. The van der Waals surface area contributed by atoms with Crippen LogP contribution in [0.4, 0.5) is 0 Å². The molecular formula is C15H23N3O2. The molecule has 0 saturated heterocycles. The van der Waals surface area contributed by atoms with Crippen LogP contribution in [0.5, 0.6) is 0 Å². The normalized spacial score (nSPS) is 37.5. The highest BCUT2D eigenvalue weighted by Gasteiger charge is 2.49. The maximum absolute atomic E-state index is 6.35. The first-order valence-electron chi connectivity index (χ1n) is 7.98. The fourth-order valence-corrected chi connectivity index (χ4v) is 4.20. The van der Waals surface area contributed by atoms with E-state index in [1.54, 1.807) is 0 Å². The molecule has 0 radical (unpaired) electrons. The second kappa shape index (κ2) is 4.81. The first kappa shape index (κ1) is 12.8. The summed E-state index contributed by atoms with van der Waals surface area (Å²) in [4.78, 5) is 4.66. The van der Waals surface area contributed by atoms with E-state index in [-0.39, 0.29) is 18.1 Å². The van der Waals surface area contributed by atoms with Gasteiger partial charge in [0.1, 0.15) is 6.10 Å². The van der Waals surface area contributed by atoms with Crippen molar-refractivity contribution in [3.8, 4) is 0 Å². The first-order chi connectivity index (χ1) is 9.78. The van der Waals surface area contributed by atoms with Gasteiger partial charge in [-0.15, -0.1) is 0 Å². The van der Waals surface area contributed by atoms with Crippen molar-refractivity contribution in [2.75, 3.05) is 6.61 Å². The Kier molecular flexibility index (Phi) is 3.07. The van der Waals surface area contributed by atoms with Crippen LogP contribution < -0.4 is 5.73 Å². The van der Waals surface area contributed by atoms with Gasteiger partial charge in [0.2, 0.25) is 11.7 Å². The maximum atomic E-state index is 6.35. The largest absolute Gasteiger partial charge is 0.370 e. The van der Waals surface area contributed by atoms with Crippen LogP contribution in [-0.4, -0.2) is 22.8 Å². The summed E-state index contributed by atoms with van der Waals surface area (Å²) in [5, 5.41) is 4.19. The van der Waals surface area contributed by atoms with Crippen molar-refractivity contribution in [1.82, 2.24) is 10.1 Å². The molecule has 4 rings (SSSR count). The summed E-state index contributed by atoms with van der Waals surface area (Å²) >= 11 is 0. The maximum Gasteiger partial charge on any atom is 0.231 e. The Bertz CT molecular complexity index is 483. The Labute approximate surface area is 119 Å². The van der Waals surface area contributed by atoms with Gasteiger partial charge in [-0.05, 0) is 56.8 Å². The Balaban J connectivity index is 1.55.